The highest BCUT2D eigenvalue weighted by Gasteiger charge is 2.33. The molecule has 11 heteroatoms. The van der Waals surface area contributed by atoms with E-state index >= 15 is 0 Å². The molecule has 0 unspecified atom stereocenters. The van der Waals surface area contributed by atoms with Crippen molar-refractivity contribution in [1.29, 1.82) is 0 Å². The molecule has 3 aromatic rings. The number of fused-ring (bicyclic) bond motifs is 1. The number of benzene rings is 2. The molecule has 0 bridgehead atoms. The van der Waals surface area contributed by atoms with Crippen molar-refractivity contribution < 1.29 is 26.4 Å². The quantitative estimate of drug-likeness (QED) is 0.534. The number of para-hydroxylation sites is 1. The number of alkyl halides is 3. The van der Waals surface area contributed by atoms with Crippen LogP contribution < -0.4 is 10.9 Å². The summed E-state index contributed by atoms with van der Waals surface area (Å²) in [7, 11) is -3.84. The maximum Gasteiger partial charge on any atom is 0.418 e. The van der Waals surface area contributed by atoms with E-state index in [1.54, 1.807) is 11.3 Å². The number of hydrogen-bond donors (Lipinski definition) is 2. The SMILES string of the molecule is O=C(NNc1ccccc1C(F)(F)F)c1cccc(S(=O)(=O)N2CCc3sccc3C2)c1. The van der Waals surface area contributed by atoms with Gasteiger partial charge in [-0.3, -0.25) is 15.6 Å². The van der Waals surface area contributed by atoms with Crippen LogP contribution in [0.1, 0.15) is 26.4 Å². The van der Waals surface area contributed by atoms with Crippen LogP contribution >= 0.6 is 11.3 Å². The van der Waals surface area contributed by atoms with Gasteiger partial charge in [0.2, 0.25) is 10.0 Å². The van der Waals surface area contributed by atoms with E-state index in [9.17, 15) is 26.4 Å². The van der Waals surface area contributed by atoms with Crippen molar-refractivity contribution in [2.45, 2.75) is 24.0 Å². The van der Waals surface area contributed by atoms with Crippen LogP contribution in [-0.2, 0) is 29.2 Å². The fourth-order valence-corrected chi connectivity index (χ4v) is 5.77. The molecule has 0 spiro atoms. The highest BCUT2D eigenvalue weighted by molar-refractivity contribution is 7.89. The Morgan fingerprint density at radius 3 is 2.62 bits per heavy atom. The van der Waals surface area contributed by atoms with Crippen LogP contribution in [0.15, 0.2) is 64.9 Å². The summed E-state index contributed by atoms with van der Waals surface area (Å²) in [6.45, 7) is 0.593. The zero-order chi connectivity index (χ0) is 22.9. The number of hydrazine groups is 1. The summed E-state index contributed by atoms with van der Waals surface area (Å²) < 4.78 is 66.8. The number of halogens is 3. The molecular weight excluding hydrogens is 463 g/mol. The van der Waals surface area contributed by atoms with Gasteiger partial charge >= 0.3 is 6.18 Å². The van der Waals surface area contributed by atoms with E-state index in [1.165, 1.54) is 46.8 Å². The van der Waals surface area contributed by atoms with Gasteiger partial charge in [0.05, 0.1) is 16.1 Å². The van der Waals surface area contributed by atoms with Gasteiger partial charge in [-0.2, -0.15) is 17.5 Å². The summed E-state index contributed by atoms with van der Waals surface area (Å²) >= 11 is 1.59. The molecule has 0 radical (unpaired) electrons. The summed E-state index contributed by atoms with van der Waals surface area (Å²) in [6.07, 6.45) is -3.98. The molecule has 168 valence electrons. The highest BCUT2D eigenvalue weighted by atomic mass is 32.2. The molecule has 0 aliphatic carbocycles. The number of sulfonamides is 1. The lowest BCUT2D eigenvalue weighted by atomic mass is 10.1. The average molecular weight is 482 g/mol. The van der Waals surface area contributed by atoms with Crippen molar-refractivity contribution in [1.82, 2.24) is 9.73 Å². The van der Waals surface area contributed by atoms with E-state index in [0.717, 1.165) is 16.5 Å². The first-order valence-corrected chi connectivity index (χ1v) is 11.9. The molecule has 1 aliphatic heterocycles. The Bertz CT molecular complexity index is 1260. The van der Waals surface area contributed by atoms with E-state index < -0.39 is 27.7 Å². The molecule has 2 heterocycles. The topological polar surface area (TPSA) is 78.5 Å². The van der Waals surface area contributed by atoms with Crippen molar-refractivity contribution in [2.75, 3.05) is 12.0 Å². The van der Waals surface area contributed by atoms with Crippen molar-refractivity contribution in [3.8, 4) is 0 Å². The third-order valence-electron chi connectivity index (χ3n) is 5.05. The maximum absolute atomic E-state index is 13.1. The molecule has 1 aliphatic rings. The highest BCUT2D eigenvalue weighted by Crippen LogP contribution is 2.34. The summed E-state index contributed by atoms with van der Waals surface area (Å²) in [5.74, 6) is -0.766. The van der Waals surface area contributed by atoms with Crippen LogP contribution in [0.5, 0.6) is 0 Å². The largest absolute Gasteiger partial charge is 0.418 e. The van der Waals surface area contributed by atoms with Gasteiger partial charge in [0.25, 0.3) is 5.91 Å². The van der Waals surface area contributed by atoms with Gasteiger partial charge in [-0.05, 0) is 53.8 Å². The Morgan fingerprint density at radius 1 is 1.06 bits per heavy atom. The van der Waals surface area contributed by atoms with Gasteiger partial charge in [-0.15, -0.1) is 11.3 Å². The first-order valence-electron chi connectivity index (χ1n) is 9.54. The number of anilines is 1. The zero-order valence-corrected chi connectivity index (χ0v) is 18.2. The molecule has 0 fully saturated rings. The number of carbonyl (C=O) groups is 1. The maximum atomic E-state index is 13.1. The second-order valence-electron chi connectivity index (χ2n) is 7.11. The third-order valence-corrected chi connectivity index (χ3v) is 7.91. The summed E-state index contributed by atoms with van der Waals surface area (Å²) in [5, 5.41) is 1.93. The van der Waals surface area contributed by atoms with Crippen LogP contribution in [0.25, 0.3) is 0 Å². The molecule has 4 rings (SSSR count). The standard InChI is InChI=1S/C21H18F3N3O3S2/c22-21(23,24)17-6-1-2-7-18(17)25-26-20(28)14-4-3-5-16(12-14)32(29,30)27-10-8-19-15(13-27)9-11-31-19/h1-7,9,11-12,25H,8,10,13H2,(H,26,28). The van der Waals surface area contributed by atoms with Crippen molar-refractivity contribution in [3.63, 3.8) is 0 Å². The number of amides is 1. The minimum Gasteiger partial charge on any atom is -0.298 e. The molecule has 0 saturated carbocycles. The summed E-state index contributed by atoms with van der Waals surface area (Å²) in [5.41, 5.74) is 4.17. The molecular formula is C21H18F3N3O3S2. The fourth-order valence-electron chi connectivity index (χ4n) is 3.41. The normalized spacial score (nSPS) is 14.6. The van der Waals surface area contributed by atoms with Gasteiger partial charge in [0.1, 0.15) is 0 Å². The Balaban J connectivity index is 1.50. The summed E-state index contributed by atoms with van der Waals surface area (Å²) in [4.78, 5) is 13.6. The number of nitrogens with zero attached hydrogens (tertiary/aromatic N) is 1. The smallest absolute Gasteiger partial charge is 0.298 e. The predicted molar refractivity (Wildman–Crippen MR) is 115 cm³/mol. The van der Waals surface area contributed by atoms with Crippen LogP contribution in [0.4, 0.5) is 18.9 Å². The van der Waals surface area contributed by atoms with Gasteiger partial charge in [-0.1, -0.05) is 18.2 Å². The first kappa shape index (κ1) is 22.3. The zero-order valence-electron chi connectivity index (χ0n) is 16.5. The molecule has 2 N–H and O–H groups in total. The number of rotatable bonds is 5. The van der Waals surface area contributed by atoms with E-state index in [0.29, 0.717) is 13.0 Å². The number of nitrogens with one attached hydrogen (secondary N) is 2. The second kappa shape index (κ2) is 8.57. The van der Waals surface area contributed by atoms with Crippen LogP contribution in [-0.4, -0.2) is 25.2 Å². The monoisotopic (exact) mass is 481 g/mol. The fraction of sp³-hybridized carbons (Fsp3) is 0.190. The van der Waals surface area contributed by atoms with Gasteiger partial charge < -0.3 is 0 Å². The molecule has 32 heavy (non-hydrogen) atoms. The molecule has 1 aromatic heterocycles. The molecule has 6 nitrogen and oxygen atoms in total. The van der Waals surface area contributed by atoms with E-state index in [2.05, 4.69) is 10.9 Å². The van der Waals surface area contributed by atoms with Crippen LogP contribution in [0.2, 0.25) is 0 Å². The molecule has 2 aromatic carbocycles. The lowest BCUT2D eigenvalue weighted by Crippen LogP contribution is -2.35. The van der Waals surface area contributed by atoms with Gasteiger partial charge in [0, 0.05) is 23.5 Å². The lowest BCUT2D eigenvalue weighted by molar-refractivity contribution is -0.137. The van der Waals surface area contributed by atoms with E-state index in [-0.39, 0.29) is 22.7 Å². The third kappa shape index (κ3) is 4.50. The Kier molecular flexibility index (Phi) is 5.97. The molecule has 0 atom stereocenters. The first-order chi connectivity index (χ1) is 15.2. The van der Waals surface area contributed by atoms with Crippen molar-refractivity contribution in [3.05, 3.63) is 81.5 Å². The summed E-state index contributed by atoms with van der Waals surface area (Å²) in [6, 6.07) is 12.0. The Labute approximate surface area is 186 Å². The minimum atomic E-state index is -4.60. The Hall–Kier alpha value is -2.89. The van der Waals surface area contributed by atoms with Crippen LogP contribution in [0.3, 0.4) is 0 Å². The van der Waals surface area contributed by atoms with Crippen LogP contribution in [0, 0.1) is 0 Å². The van der Waals surface area contributed by atoms with Gasteiger partial charge in [0.15, 0.2) is 0 Å². The minimum absolute atomic E-state index is 0.00343. The number of hydrogen-bond acceptors (Lipinski definition) is 5. The van der Waals surface area contributed by atoms with Crippen molar-refractivity contribution in [2.24, 2.45) is 0 Å². The van der Waals surface area contributed by atoms with E-state index in [1.807, 2.05) is 11.4 Å². The van der Waals surface area contributed by atoms with Gasteiger partial charge in [-0.25, -0.2) is 8.42 Å². The number of carbonyl (C=O) groups excluding carboxylic acids is 1. The predicted octanol–water partition coefficient (Wildman–Crippen LogP) is 4.27. The lowest BCUT2D eigenvalue weighted by Gasteiger charge is -2.26. The average Bonchev–Trinajstić information content (AvgIpc) is 3.25. The molecule has 1 amide bonds. The van der Waals surface area contributed by atoms with Crippen molar-refractivity contribution >= 4 is 33.0 Å². The molecule has 0 saturated heterocycles. The second-order valence-corrected chi connectivity index (χ2v) is 10.0. The van der Waals surface area contributed by atoms with E-state index in [4.69, 9.17) is 0 Å². The number of thiophene rings is 1. The Morgan fingerprint density at radius 2 is 1.84 bits per heavy atom.